The molecule has 0 spiro atoms. The summed E-state index contributed by atoms with van der Waals surface area (Å²) in [7, 11) is 4.33. The lowest BCUT2D eigenvalue weighted by Crippen LogP contribution is -2.45. The Morgan fingerprint density at radius 1 is 0.739 bits per heavy atom. The van der Waals surface area contributed by atoms with E-state index in [0.717, 1.165) is 70.6 Å². The molecule has 4 heterocycles. The minimum atomic E-state index is -0.377. The molecule has 0 radical (unpaired) electrons. The summed E-state index contributed by atoms with van der Waals surface area (Å²) in [5, 5.41) is 0. The van der Waals surface area contributed by atoms with E-state index in [2.05, 4.69) is 60.5 Å². The molecule has 4 rings (SSSR count). The third-order valence-corrected chi connectivity index (χ3v) is 12.1. The highest BCUT2D eigenvalue weighted by Gasteiger charge is 2.47. The number of esters is 2. The predicted molar refractivity (Wildman–Crippen MR) is 180 cm³/mol. The maximum Gasteiger partial charge on any atom is 0.311 e. The van der Waals surface area contributed by atoms with Crippen LogP contribution in [0.25, 0.3) is 0 Å². The Morgan fingerprint density at radius 3 is 2.02 bits per heavy atom. The number of hydrogen-bond donors (Lipinski definition) is 0. The first-order valence-corrected chi connectivity index (χ1v) is 19.1. The summed E-state index contributed by atoms with van der Waals surface area (Å²) in [6.45, 7) is 14.9. The van der Waals surface area contributed by atoms with Crippen LogP contribution < -0.4 is 0 Å². The second kappa shape index (κ2) is 17.4. The molecule has 0 aromatic rings. The smallest absolute Gasteiger partial charge is 0.311 e. The Morgan fingerprint density at radius 2 is 1.39 bits per heavy atom. The van der Waals surface area contributed by atoms with E-state index in [9.17, 15) is 9.59 Å². The number of ether oxygens (including phenoxy) is 5. The zero-order valence-electron chi connectivity index (χ0n) is 30.6. The van der Waals surface area contributed by atoms with Crippen LogP contribution in [0.4, 0.5) is 0 Å². The summed E-state index contributed by atoms with van der Waals surface area (Å²) in [5.74, 6) is -0.908. The molecule has 0 saturated carbocycles. The van der Waals surface area contributed by atoms with Gasteiger partial charge in [0.15, 0.2) is 0 Å². The third-order valence-electron chi connectivity index (χ3n) is 12.1. The summed E-state index contributed by atoms with van der Waals surface area (Å²) in [6, 6.07) is 0.506. The largest absolute Gasteiger partial charge is 0.462 e. The molecule has 266 valence electrons. The van der Waals surface area contributed by atoms with E-state index >= 15 is 0 Å². The van der Waals surface area contributed by atoms with Gasteiger partial charge in [-0.1, -0.05) is 54.4 Å². The van der Waals surface area contributed by atoms with Crippen LogP contribution >= 0.6 is 0 Å². The van der Waals surface area contributed by atoms with Gasteiger partial charge in [-0.2, -0.15) is 0 Å². The zero-order chi connectivity index (χ0) is 33.5. The van der Waals surface area contributed by atoms with Crippen molar-refractivity contribution < 1.29 is 33.3 Å². The number of rotatable bonds is 11. The van der Waals surface area contributed by atoms with Crippen LogP contribution in [0.3, 0.4) is 0 Å². The van der Waals surface area contributed by atoms with Gasteiger partial charge in [0.05, 0.1) is 48.5 Å². The van der Waals surface area contributed by atoms with E-state index in [1.165, 1.54) is 6.42 Å². The number of fused-ring (bicyclic) bond motifs is 4. The number of carbonyl (C=O) groups excluding carboxylic acids is 2. The number of cyclic esters (lactones) is 2. The van der Waals surface area contributed by atoms with Gasteiger partial charge in [0.25, 0.3) is 0 Å². The molecule has 4 fully saturated rings. The van der Waals surface area contributed by atoms with Crippen molar-refractivity contribution in [3.8, 4) is 0 Å². The van der Waals surface area contributed by atoms with Gasteiger partial charge in [0, 0.05) is 23.8 Å². The lowest BCUT2D eigenvalue weighted by Gasteiger charge is -2.38. The average molecular weight is 650 g/mol. The van der Waals surface area contributed by atoms with Crippen LogP contribution in [0.1, 0.15) is 132 Å². The van der Waals surface area contributed by atoms with Gasteiger partial charge >= 0.3 is 11.9 Å². The average Bonchev–Trinajstić information content (AvgIpc) is 3.81. The maximum absolute atomic E-state index is 14.0. The van der Waals surface area contributed by atoms with Gasteiger partial charge < -0.3 is 28.6 Å². The Labute approximate surface area is 280 Å². The summed E-state index contributed by atoms with van der Waals surface area (Å²) in [5.41, 5.74) is 0. The molecule has 0 N–H and O–H groups in total. The van der Waals surface area contributed by atoms with E-state index in [0.29, 0.717) is 12.5 Å². The SMILES string of the molecule is CCCC1OC(=O)C(CC)C2CCC(O2)C(C)C(C(CC)C2CCC(CC(CCC)N(C)C)O2)OC(=O)C(C)C2CCC(O2)C1C. The van der Waals surface area contributed by atoms with Gasteiger partial charge in [-0.25, -0.2) is 0 Å². The highest BCUT2D eigenvalue weighted by molar-refractivity contribution is 5.73. The van der Waals surface area contributed by atoms with Crippen LogP contribution in [0.2, 0.25) is 0 Å². The summed E-state index contributed by atoms with van der Waals surface area (Å²) >= 11 is 0. The van der Waals surface area contributed by atoms with Crippen LogP contribution in [-0.4, -0.2) is 85.8 Å². The maximum atomic E-state index is 14.0. The monoisotopic (exact) mass is 649 g/mol. The number of nitrogens with zero attached hydrogens (tertiary/aromatic N) is 1. The lowest BCUT2D eigenvalue weighted by molar-refractivity contribution is -0.178. The summed E-state index contributed by atoms with van der Waals surface area (Å²) in [4.78, 5) is 30.0. The Balaban J connectivity index is 1.58. The molecule has 0 aromatic carbocycles. The predicted octanol–water partition coefficient (Wildman–Crippen LogP) is 7.35. The van der Waals surface area contributed by atoms with Crippen LogP contribution in [0, 0.1) is 29.6 Å². The van der Waals surface area contributed by atoms with Crippen LogP contribution in [0.15, 0.2) is 0 Å². The highest BCUT2D eigenvalue weighted by atomic mass is 16.6. The van der Waals surface area contributed by atoms with Crippen molar-refractivity contribution in [1.29, 1.82) is 0 Å². The summed E-state index contributed by atoms with van der Waals surface area (Å²) in [6.07, 6.45) is 11.1. The molecular formula is C38H67NO7. The topological polar surface area (TPSA) is 83.5 Å². The number of hydrogen-bond acceptors (Lipinski definition) is 8. The Kier molecular flexibility index (Phi) is 14.3. The van der Waals surface area contributed by atoms with E-state index in [-0.39, 0.29) is 90.4 Å². The fraction of sp³-hybridized carbons (Fsp3) is 0.947. The minimum absolute atomic E-state index is 0.0325. The molecule has 8 heteroatoms. The van der Waals surface area contributed by atoms with Crippen molar-refractivity contribution in [2.75, 3.05) is 14.1 Å². The van der Waals surface area contributed by atoms with Gasteiger partial charge in [-0.3, -0.25) is 9.59 Å². The molecule has 4 bridgehead atoms. The van der Waals surface area contributed by atoms with Crippen molar-refractivity contribution in [2.45, 2.75) is 187 Å². The fourth-order valence-electron chi connectivity index (χ4n) is 8.93. The Bertz CT molecular complexity index is 959. The number of carbonyl (C=O) groups is 2. The van der Waals surface area contributed by atoms with E-state index in [1.54, 1.807) is 0 Å². The molecule has 4 aliphatic rings. The van der Waals surface area contributed by atoms with Crippen molar-refractivity contribution in [3.63, 3.8) is 0 Å². The van der Waals surface area contributed by atoms with Crippen LogP contribution in [0.5, 0.6) is 0 Å². The first-order chi connectivity index (χ1) is 22.0. The standard InChI is InChI=1S/C38H67NO7/c1-10-14-26(39(8)9)22-27-16-17-34(42-27)28(12-3)36-24(6)32-20-21-35(44-32)29(13-4)38(41)45-30(15-11-2)23(5)31-18-19-33(43-31)25(7)37(40)46-36/h23-36H,10-22H2,1-9H3. The van der Waals surface area contributed by atoms with Crippen molar-refractivity contribution >= 4 is 11.9 Å². The minimum Gasteiger partial charge on any atom is -0.462 e. The molecule has 46 heavy (non-hydrogen) atoms. The van der Waals surface area contributed by atoms with E-state index in [1.807, 2.05) is 6.92 Å². The molecule has 14 atom stereocenters. The normalized spacial score (nSPS) is 40.6. The Hall–Kier alpha value is -1.22. The molecule has 4 aliphatic heterocycles. The van der Waals surface area contributed by atoms with Crippen molar-refractivity contribution in [2.24, 2.45) is 29.6 Å². The fourth-order valence-corrected chi connectivity index (χ4v) is 8.93. The second-order valence-corrected chi connectivity index (χ2v) is 15.4. The second-order valence-electron chi connectivity index (χ2n) is 15.4. The summed E-state index contributed by atoms with van der Waals surface area (Å²) < 4.78 is 33.0. The zero-order valence-corrected chi connectivity index (χ0v) is 30.6. The van der Waals surface area contributed by atoms with E-state index < -0.39 is 0 Å². The third kappa shape index (κ3) is 8.87. The molecule has 0 aliphatic carbocycles. The molecule has 8 nitrogen and oxygen atoms in total. The first-order valence-electron chi connectivity index (χ1n) is 19.1. The first kappa shape index (κ1) is 37.6. The molecule has 0 amide bonds. The lowest BCUT2D eigenvalue weighted by atomic mass is 9.81. The highest BCUT2D eigenvalue weighted by Crippen LogP contribution is 2.41. The van der Waals surface area contributed by atoms with Crippen molar-refractivity contribution in [3.05, 3.63) is 0 Å². The molecule has 14 unspecified atom stereocenters. The van der Waals surface area contributed by atoms with Gasteiger partial charge in [0.2, 0.25) is 0 Å². The molecular weight excluding hydrogens is 582 g/mol. The van der Waals surface area contributed by atoms with Crippen molar-refractivity contribution in [1.82, 2.24) is 4.90 Å². The molecule has 0 aromatic heterocycles. The molecule has 4 saturated heterocycles. The quantitative estimate of drug-likeness (QED) is 0.215. The van der Waals surface area contributed by atoms with Gasteiger partial charge in [0.1, 0.15) is 12.2 Å². The van der Waals surface area contributed by atoms with Gasteiger partial charge in [-0.05, 0) is 91.6 Å². The van der Waals surface area contributed by atoms with E-state index in [4.69, 9.17) is 23.7 Å². The van der Waals surface area contributed by atoms with Crippen LogP contribution in [-0.2, 0) is 33.3 Å². The van der Waals surface area contributed by atoms with Gasteiger partial charge in [-0.15, -0.1) is 0 Å².